The lowest BCUT2D eigenvalue weighted by Crippen LogP contribution is -2.19. The third-order valence-corrected chi connectivity index (χ3v) is 4.95. The molecule has 140 valence electrons. The highest BCUT2D eigenvalue weighted by Gasteiger charge is 2.24. The molecule has 2 aromatic carbocycles. The number of anilines is 2. The first-order valence-electron chi connectivity index (χ1n) is 8.30. The molecule has 28 heavy (non-hydrogen) atoms. The number of hydrogen-bond acceptors (Lipinski definition) is 7. The summed E-state index contributed by atoms with van der Waals surface area (Å²) in [6, 6.07) is 18.3. The number of nitrogens with one attached hydrogen (secondary N) is 1. The zero-order valence-electron chi connectivity index (χ0n) is 15.0. The molecule has 3 aromatic rings. The van der Waals surface area contributed by atoms with E-state index in [0.717, 1.165) is 17.3 Å². The second kappa shape index (κ2) is 8.88. The summed E-state index contributed by atoms with van der Waals surface area (Å²) in [6.45, 7) is 0. The van der Waals surface area contributed by atoms with Crippen molar-refractivity contribution in [2.45, 2.75) is 10.4 Å². The Kier molecular flexibility index (Phi) is 6.09. The Labute approximate surface area is 166 Å². The summed E-state index contributed by atoms with van der Waals surface area (Å²) in [5.41, 5.74) is 7.38. The number of carbonyl (C=O) groups excluding carboxylic acids is 1. The predicted molar refractivity (Wildman–Crippen MR) is 108 cm³/mol. The lowest BCUT2D eigenvalue weighted by molar-refractivity contribution is -0.115. The normalized spacial score (nSPS) is 11.3. The minimum atomic E-state index is -0.611. The van der Waals surface area contributed by atoms with Crippen LogP contribution in [0.25, 0.3) is 0 Å². The zero-order valence-corrected chi connectivity index (χ0v) is 15.8. The van der Waals surface area contributed by atoms with Gasteiger partial charge in [-0.3, -0.25) is 4.79 Å². The van der Waals surface area contributed by atoms with Crippen LogP contribution in [0.1, 0.15) is 16.4 Å². The van der Waals surface area contributed by atoms with Gasteiger partial charge >= 0.3 is 0 Å². The third-order valence-electron chi connectivity index (χ3n) is 3.82. The number of benzene rings is 2. The monoisotopic (exact) mass is 391 g/mol. The predicted octanol–water partition coefficient (Wildman–Crippen LogP) is 3.41. The van der Waals surface area contributed by atoms with Crippen LogP contribution < -0.4 is 15.8 Å². The number of carbonyl (C=O) groups is 1. The van der Waals surface area contributed by atoms with Crippen LogP contribution in [0.15, 0.2) is 66.0 Å². The van der Waals surface area contributed by atoms with E-state index >= 15 is 0 Å². The number of nitrogen functional groups attached to an aromatic ring is 1. The van der Waals surface area contributed by atoms with Crippen molar-refractivity contribution < 1.29 is 9.53 Å². The van der Waals surface area contributed by atoms with Crippen molar-refractivity contribution in [3.8, 4) is 11.8 Å². The van der Waals surface area contributed by atoms with E-state index in [0.29, 0.717) is 16.6 Å². The van der Waals surface area contributed by atoms with Crippen LogP contribution in [0.5, 0.6) is 5.75 Å². The second-order valence-corrected chi connectivity index (χ2v) is 6.77. The minimum absolute atomic E-state index is 0.0833. The van der Waals surface area contributed by atoms with Gasteiger partial charge < -0.3 is 15.8 Å². The van der Waals surface area contributed by atoms with Gasteiger partial charge in [-0.15, -0.1) is 0 Å². The molecule has 7 nitrogen and oxygen atoms in total. The molecule has 0 spiro atoms. The van der Waals surface area contributed by atoms with Crippen LogP contribution in [0, 0.1) is 11.3 Å². The summed E-state index contributed by atoms with van der Waals surface area (Å²) < 4.78 is 5.20. The maximum absolute atomic E-state index is 13.0. The molecule has 1 heterocycles. The van der Waals surface area contributed by atoms with E-state index in [4.69, 9.17) is 15.7 Å². The Morgan fingerprint density at radius 3 is 2.71 bits per heavy atom. The summed E-state index contributed by atoms with van der Waals surface area (Å²) in [6.07, 6.45) is 1.35. The van der Waals surface area contributed by atoms with Gasteiger partial charge in [0, 0.05) is 11.8 Å². The molecule has 8 heteroatoms. The molecule has 1 atom stereocenters. The first-order valence-corrected chi connectivity index (χ1v) is 9.18. The van der Waals surface area contributed by atoms with Crippen LogP contribution in [0.2, 0.25) is 0 Å². The number of hydrogen-bond donors (Lipinski definition) is 2. The largest absolute Gasteiger partial charge is 0.497 e. The summed E-state index contributed by atoms with van der Waals surface area (Å²) in [5.74, 6) is 0.487. The van der Waals surface area contributed by atoms with Gasteiger partial charge in [0.1, 0.15) is 28.4 Å². The second-order valence-electron chi connectivity index (χ2n) is 5.69. The molecule has 1 amide bonds. The minimum Gasteiger partial charge on any atom is -0.497 e. The van der Waals surface area contributed by atoms with E-state index < -0.39 is 5.25 Å². The number of ether oxygens (including phenoxy) is 1. The SMILES string of the molecule is COc1cccc(NC(=O)C(Sc2ncc(C#N)c(N)n2)c2ccccc2)c1. The van der Waals surface area contributed by atoms with E-state index in [9.17, 15) is 4.79 Å². The fraction of sp³-hybridized carbons (Fsp3) is 0.100. The smallest absolute Gasteiger partial charge is 0.242 e. The molecule has 0 saturated carbocycles. The molecule has 3 rings (SSSR count). The molecule has 3 N–H and O–H groups in total. The molecule has 0 radical (unpaired) electrons. The molecule has 1 aromatic heterocycles. The van der Waals surface area contributed by atoms with Gasteiger partial charge in [-0.1, -0.05) is 48.2 Å². The summed E-state index contributed by atoms with van der Waals surface area (Å²) in [7, 11) is 1.57. The first-order chi connectivity index (χ1) is 13.6. The van der Waals surface area contributed by atoms with Gasteiger partial charge in [-0.05, 0) is 17.7 Å². The summed E-state index contributed by atoms with van der Waals surface area (Å²) >= 11 is 1.16. The van der Waals surface area contributed by atoms with E-state index in [1.54, 1.807) is 31.4 Å². The summed E-state index contributed by atoms with van der Waals surface area (Å²) in [5, 5.41) is 11.6. The van der Waals surface area contributed by atoms with Crippen molar-refractivity contribution in [3.05, 3.63) is 71.9 Å². The maximum Gasteiger partial charge on any atom is 0.242 e. The van der Waals surface area contributed by atoms with Crippen molar-refractivity contribution in [2.75, 3.05) is 18.2 Å². The van der Waals surface area contributed by atoms with Crippen LogP contribution in [0.3, 0.4) is 0 Å². The number of methoxy groups -OCH3 is 1. The standard InChI is InChI=1S/C20H17N5O2S/c1-27-16-9-5-8-15(10-16)24-19(26)17(13-6-3-2-4-7-13)28-20-23-12-14(11-21)18(22)25-20/h2-10,12,17H,1H3,(H,24,26)(H2,22,23,25). The van der Waals surface area contributed by atoms with Gasteiger partial charge in [-0.25, -0.2) is 9.97 Å². The van der Waals surface area contributed by atoms with E-state index in [-0.39, 0.29) is 17.3 Å². The Hall–Kier alpha value is -3.57. The average Bonchev–Trinajstić information content (AvgIpc) is 2.73. The number of nitrogens with two attached hydrogens (primary N) is 1. The zero-order chi connectivity index (χ0) is 19.9. The highest BCUT2D eigenvalue weighted by Crippen LogP contribution is 2.35. The number of nitriles is 1. The topological polar surface area (TPSA) is 114 Å². The summed E-state index contributed by atoms with van der Waals surface area (Å²) in [4.78, 5) is 21.3. The van der Waals surface area contributed by atoms with Crippen molar-refractivity contribution >= 4 is 29.2 Å². The van der Waals surface area contributed by atoms with E-state index in [1.165, 1.54) is 6.20 Å². The molecule has 0 aliphatic rings. The van der Waals surface area contributed by atoms with Crippen LogP contribution in [-0.2, 0) is 4.79 Å². The Morgan fingerprint density at radius 1 is 1.25 bits per heavy atom. The fourth-order valence-electron chi connectivity index (χ4n) is 2.44. The van der Waals surface area contributed by atoms with Crippen molar-refractivity contribution in [1.82, 2.24) is 9.97 Å². The molecule has 0 aliphatic carbocycles. The highest BCUT2D eigenvalue weighted by molar-refractivity contribution is 8.00. The quantitative estimate of drug-likeness (QED) is 0.489. The number of thioether (sulfide) groups is 1. The Balaban J connectivity index is 1.88. The molecule has 1 unspecified atom stereocenters. The van der Waals surface area contributed by atoms with Gasteiger partial charge in [0.25, 0.3) is 0 Å². The number of amides is 1. The molecular formula is C20H17N5O2S. The van der Waals surface area contributed by atoms with Gasteiger partial charge in [-0.2, -0.15) is 5.26 Å². The average molecular weight is 391 g/mol. The fourth-order valence-corrected chi connectivity index (χ4v) is 3.37. The number of aromatic nitrogens is 2. The van der Waals surface area contributed by atoms with Gasteiger partial charge in [0.2, 0.25) is 5.91 Å². The first kappa shape index (κ1) is 19.2. The van der Waals surface area contributed by atoms with Gasteiger partial charge in [0.15, 0.2) is 5.16 Å². The van der Waals surface area contributed by atoms with Crippen LogP contribution in [-0.4, -0.2) is 23.0 Å². The molecule has 0 bridgehead atoms. The highest BCUT2D eigenvalue weighted by atomic mass is 32.2. The number of nitrogens with zero attached hydrogens (tertiary/aromatic N) is 3. The van der Waals surface area contributed by atoms with E-state index in [1.807, 2.05) is 36.4 Å². The molecule has 0 fully saturated rings. The van der Waals surface area contributed by atoms with E-state index in [2.05, 4.69) is 15.3 Å². The van der Waals surface area contributed by atoms with Crippen LogP contribution >= 0.6 is 11.8 Å². The lowest BCUT2D eigenvalue weighted by Gasteiger charge is -2.16. The molecule has 0 aliphatic heterocycles. The molecule has 0 saturated heterocycles. The van der Waals surface area contributed by atoms with Crippen molar-refractivity contribution in [2.24, 2.45) is 0 Å². The number of rotatable bonds is 6. The van der Waals surface area contributed by atoms with Crippen molar-refractivity contribution in [3.63, 3.8) is 0 Å². The molecular weight excluding hydrogens is 374 g/mol. The van der Waals surface area contributed by atoms with Gasteiger partial charge in [0.05, 0.1) is 13.3 Å². The Morgan fingerprint density at radius 2 is 2.04 bits per heavy atom. The lowest BCUT2D eigenvalue weighted by atomic mass is 10.1. The third kappa shape index (κ3) is 4.58. The Bertz CT molecular complexity index is 1020. The maximum atomic E-state index is 13.0. The van der Waals surface area contributed by atoms with Crippen molar-refractivity contribution in [1.29, 1.82) is 5.26 Å². The van der Waals surface area contributed by atoms with Crippen LogP contribution in [0.4, 0.5) is 11.5 Å².